The van der Waals surface area contributed by atoms with Crippen molar-refractivity contribution in [2.45, 2.75) is 43.6 Å². The number of benzene rings is 2. The molecule has 0 aromatic heterocycles. The summed E-state index contributed by atoms with van der Waals surface area (Å²) in [5.74, 6) is 0.235. The average molecular weight is 423 g/mol. The van der Waals surface area contributed by atoms with E-state index in [1.54, 1.807) is 14.2 Å². The number of nitrogens with zero attached hydrogens (tertiary/aromatic N) is 1. The molecule has 4 rings (SSSR count). The molecule has 6 heteroatoms. The van der Waals surface area contributed by atoms with Crippen LogP contribution in [0.5, 0.6) is 5.75 Å². The Labute approximate surface area is 183 Å². The van der Waals surface area contributed by atoms with Crippen molar-refractivity contribution >= 4 is 17.5 Å². The number of amides is 2. The van der Waals surface area contributed by atoms with Crippen molar-refractivity contribution in [1.29, 1.82) is 0 Å². The van der Waals surface area contributed by atoms with Crippen LogP contribution in [0.2, 0.25) is 0 Å². The predicted molar refractivity (Wildman–Crippen MR) is 120 cm³/mol. The van der Waals surface area contributed by atoms with E-state index in [9.17, 15) is 9.59 Å². The first-order valence-corrected chi connectivity index (χ1v) is 11.0. The van der Waals surface area contributed by atoms with E-state index in [0.717, 1.165) is 49.1 Å². The normalized spacial score (nSPS) is 19.7. The Morgan fingerprint density at radius 2 is 1.77 bits per heavy atom. The van der Waals surface area contributed by atoms with Crippen LogP contribution in [-0.4, -0.2) is 49.6 Å². The lowest BCUT2D eigenvalue weighted by molar-refractivity contribution is -0.122. The van der Waals surface area contributed by atoms with E-state index < -0.39 is 11.5 Å². The smallest absolute Gasteiger partial charge is 0.254 e. The second kappa shape index (κ2) is 9.10. The molecule has 2 aromatic rings. The molecular weight excluding hydrogens is 392 g/mol. The highest BCUT2D eigenvalue weighted by atomic mass is 16.5. The van der Waals surface area contributed by atoms with Crippen LogP contribution < -0.4 is 10.1 Å². The lowest BCUT2D eigenvalue weighted by Crippen LogP contribution is -2.62. The van der Waals surface area contributed by atoms with Crippen LogP contribution in [0.1, 0.15) is 53.9 Å². The SMILES string of the molecule is COCCN1C(=O)c2ccccc2[C@@H](C(=O)Nc2ccc(OC)cc2)C12CCCCC2. The molecular formula is C25H30N2O4. The summed E-state index contributed by atoms with van der Waals surface area (Å²) in [6, 6.07) is 14.9. The van der Waals surface area contributed by atoms with Crippen LogP contribution in [-0.2, 0) is 9.53 Å². The number of hydrogen-bond acceptors (Lipinski definition) is 4. The Hall–Kier alpha value is -2.86. The van der Waals surface area contributed by atoms with Gasteiger partial charge in [0.05, 0.1) is 25.2 Å². The Morgan fingerprint density at radius 3 is 2.45 bits per heavy atom. The van der Waals surface area contributed by atoms with E-state index in [-0.39, 0.29) is 11.8 Å². The van der Waals surface area contributed by atoms with E-state index in [1.165, 1.54) is 0 Å². The summed E-state index contributed by atoms with van der Waals surface area (Å²) >= 11 is 0. The Morgan fingerprint density at radius 1 is 1.06 bits per heavy atom. The van der Waals surface area contributed by atoms with Gasteiger partial charge in [0.2, 0.25) is 5.91 Å². The molecule has 2 aromatic carbocycles. The highest BCUT2D eigenvalue weighted by Gasteiger charge is 2.54. The zero-order valence-electron chi connectivity index (χ0n) is 18.2. The van der Waals surface area contributed by atoms with Gasteiger partial charge in [-0.1, -0.05) is 37.5 Å². The van der Waals surface area contributed by atoms with E-state index in [2.05, 4.69) is 5.32 Å². The molecule has 6 nitrogen and oxygen atoms in total. The van der Waals surface area contributed by atoms with Crippen LogP contribution in [0.25, 0.3) is 0 Å². The molecule has 0 radical (unpaired) electrons. The first kappa shape index (κ1) is 21.4. The first-order chi connectivity index (χ1) is 15.1. The molecule has 0 saturated heterocycles. The van der Waals surface area contributed by atoms with E-state index in [4.69, 9.17) is 9.47 Å². The second-order valence-electron chi connectivity index (χ2n) is 8.35. The maximum Gasteiger partial charge on any atom is 0.254 e. The third kappa shape index (κ3) is 3.92. The summed E-state index contributed by atoms with van der Waals surface area (Å²) in [4.78, 5) is 29.2. The van der Waals surface area contributed by atoms with Gasteiger partial charge in [0, 0.05) is 24.9 Å². The Balaban J connectivity index is 1.76. The van der Waals surface area contributed by atoms with Crippen molar-refractivity contribution in [1.82, 2.24) is 4.90 Å². The molecule has 164 valence electrons. The molecule has 2 amide bonds. The van der Waals surface area contributed by atoms with Crippen LogP contribution in [0.4, 0.5) is 5.69 Å². The van der Waals surface area contributed by atoms with Crippen molar-refractivity contribution < 1.29 is 19.1 Å². The largest absolute Gasteiger partial charge is 0.497 e. The molecule has 1 heterocycles. The molecule has 1 aliphatic heterocycles. The molecule has 0 unspecified atom stereocenters. The fourth-order valence-corrected chi connectivity index (χ4v) is 5.24. The summed E-state index contributed by atoms with van der Waals surface area (Å²) in [5, 5.41) is 3.10. The molecule has 1 saturated carbocycles. The number of ether oxygens (including phenoxy) is 2. The zero-order valence-corrected chi connectivity index (χ0v) is 18.2. The number of carbonyl (C=O) groups is 2. The lowest BCUT2D eigenvalue weighted by atomic mass is 9.65. The van der Waals surface area contributed by atoms with Gasteiger partial charge in [-0.15, -0.1) is 0 Å². The Bertz CT molecular complexity index is 935. The van der Waals surface area contributed by atoms with E-state index in [0.29, 0.717) is 18.7 Å². The second-order valence-corrected chi connectivity index (χ2v) is 8.35. The van der Waals surface area contributed by atoms with Gasteiger partial charge in [0.25, 0.3) is 5.91 Å². The minimum atomic E-state index is -0.529. The number of rotatable bonds is 6. The topological polar surface area (TPSA) is 67.9 Å². The molecule has 31 heavy (non-hydrogen) atoms. The van der Waals surface area contributed by atoms with E-state index >= 15 is 0 Å². The molecule has 1 aliphatic carbocycles. The average Bonchev–Trinajstić information content (AvgIpc) is 2.80. The van der Waals surface area contributed by atoms with Crippen LogP contribution in [0.15, 0.2) is 48.5 Å². The highest BCUT2D eigenvalue weighted by molar-refractivity contribution is 6.05. The van der Waals surface area contributed by atoms with Gasteiger partial charge in [-0.25, -0.2) is 0 Å². The van der Waals surface area contributed by atoms with Crippen molar-refractivity contribution in [3.8, 4) is 5.75 Å². The van der Waals surface area contributed by atoms with Crippen LogP contribution >= 0.6 is 0 Å². The molecule has 1 fully saturated rings. The number of methoxy groups -OCH3 is 2. The predicted octanol–water partition coefficient (Wildman–Crippen LogP) is 4.22. The highest BCUT2D eigenvalue weighted by Crippen LogP contribution is 2.49. The fraction of sp³-hybridized carbons (Fsp3) is 0.440. The first-order valence-electron chi connectivity index (χ1n) is 11.0. The van der Waals surface area contributed by atoms with Crippen LogP contribution in [0.3, 0.4) is 0 Å². The third-order valence-corrected chi connectivity index (χ3v) is 6.68. The van der Waals surface area contributed by atoms with Crippen molar-refractivity contribution in [3.05, 3.63) is 59.7 Å². The van der Waals surface area contributed by atoms with Gasteiger partial charge in [-0.2, -0.15) is 0 Å². The third-order valence-electron chi connectivity index (χ3n) is 6.68. The van der Waals surface area contributed by atoms with Gasteiger partial charge in [0.15, 0.2) is 0 Å². The van der Waals surface area contributed by atoms with Crippen LogP contribution in [0, 0.1) is 0 Å². The molecule has 0 bridgehead atoms. The van der Waals surface area contributed by atoms with Gasteiger partial charge in [-0.05, 0) is 48.7 Å². The molecule has 1 atom stereocenters. The summed E-state index contributed by atoms with van der Waals surface area (Å²) in [6.45, 7) is 0.929. The van der Waals surface area contributed by atoms with Gasteiger partial charge in [-0.3, -0.25) is 9.59 Å². The minimum absolute atomic E-state index is 0.00282. The Kier molecular flexibility index (Phi) is 6.28. The van der Waals surface area contributed by atoms with Gasteiger partial charge in [0.1, 0.15) is 5.75 Å². The van der Waals surface area contributed by atoms with Gasteiger partial charge < -0.3 is 19.7 Å². The summed E-state index contributed by atoms with van der Waals surface area (Å²) < 4.78 is 10.5. The summed E-state index contributed by atoms with van der Waals surface area (Å²) in [5.41, 5.74) is 1.63. The summed E-state index contributed by atoms with van der Waals surface area (Å²) in [7, 11) is 3.26. The maximum absolute atomic E-state index is 13.8. The monoisotopic (exact) mass is 422 g/mol. The lowest BCUT2D eigenvalue weighted by Gasteiger charge is -2.53. The quantitative estimate of drug-likeness (QED) is 0.757. The molecule has 1 N–H and O–H groups in total. The number of anilines is 1. The number of hydrogen-bond donors (Lipinski definition) is 1. The maximum atomic E-state index is 13.8. The summed E-state index contributed by atoms with van der Waals surface area (Å²) in [6.07, 6.45) is 4.77. The van der Waals surface area contributed by atoms with Gasteiger partial charge >= 0.3 is 0 Å². The van der Waals surface area contributed by atoms with E-state index in [1.807, 2.05) is 53.4 Å². The molecule has 2 aliphatic rings. The molecule has 1 spiro atoms. The fourth-order valence-electron chi connectivity index (χ4n) is 5.24. The zero-order chi connectivity index (χ0) is 21.8. The van der Waals surface area contributed by atoms with Crippen molar-refractivity contribution in [3.63, 3.8) is 0 Å². The number of carbonyl (C=O) groups excluding carboxylic acids is 2. The number of nitrogens with one attached hydrogen (secondary N) is 1. The standard InChI is InChI=1S/C25H30N2O4/c1-30-17-16-27-24(29)21-9-5-4-8-20(21)22(25(27)14-6-3-7-15-25)23(28)26-18-10-12-19(31-2)13-11-18/h4-5,8-13,22H,3,6-7,14-17H2,1-2H3,(H,26,28)/t22-/m0/s1. The van der Waals surface area contributed by atoms with Crippen molar-refractivity contribution in [2.75, 3.05) is 32.7 Å². The number of fused-ring (bicyclic) bond motifs is 1. The van der Waals surface area contributed by atoms with Crippen molar-refractivity contribution in [2.24, 2.45) is 0 Å². The minimum Gasteiger partial charge on any atom is -0.497 e.